The van der Waals surface area contributed by atoms with Crippen LogP contribution in [0, 0.1) is 0 Å². The normalized spacial score (nSPS) is 23.9. The minimum Gasteiger partial charge on any atom is -0.358 e. The van der Waals surface area contributed by atoms with Gasteiger partial charge in [-0.15, -0.1) is 0 Å². The molecular formula is C22H25ClF2N4O. The van der Waals surface area contributed by atoms with E-state index in [4.69, 9.17) is 11.6 Å². The molecule has 4 rings (SSSR count). The Labute approximate surface area is 180 Å². The van der Waals surface area contributed by atoms with Crippen molar-refractivity contribution < 1.29 is 13.6 Å². The number of alkyl halides is 2. The molecule has 160 valence electrons. The maximum Gasteiger partial charge on any atom is 0.270 e. The van der Waals surface area contributed by atoms with E-state index in [0.717, 1.165) is 11.3 Å². The Morgan fingerprint density at radius 2 is 2.03 bits per heavy atom. The number of fused-ring (bicyclic) bond motifs is 1. The largest absolute Gasteiger partial charge is 0.358 e. The molecule has 2 unspecified atom stereocenters. The molecule has 1 amide bonds. The molecule has 3 heterocycles. The highest BCUT2D eigenvalue weighted by Crippen LogP contribution is 2.30. The number of halogens is 3. The first-order valence-electron chi connectivity index (χ1n) is 10.1. The molecule has 0 saturated carbocycles. The molecule has 1 aromatic carbocycles. The highest BCUT2D eigenvalue weighted by molar-refractivity contribution is 6.31. The van der Waals surface area contributed by atoms with Gasteiger partial charge < -0.3 is 15.5 Å². The average molecular weight is 435 g/mol. The lowest BCUT2D eigenvalue weighted by Gasteiger charge is -2.35. The van der Waals surface area contributed by atoms with Crippen molar-refractivity contribution in [3.8, 4) is 0 Å². The van der Waals surface area contributed by atoms with Gasteiger partial charge in [0, 0.05) is 43.7 Å². The van der Waals surface area contributed by atoms with Gasteiger partial charge in [-0.1, -0.05) is 35.9 Å². The fourth-order valence-corrected chi connectivity index (χ4v) is 4.34. The second-order valence-corrected chi connectivity index (χ2v) is 8.31. The molecule has 0 radical (unpaired) electrons. The van der Waals surface area contributed by atoms with E-state index in [2.05, 4.69) is 10.6 Å². The van der Waals surface area contributed by atoms with Crippen LogP contribution in [0.25, 0.3) is 0 Å². The molecule has 2 N–H and O–H groups in total. The van der Waals surface area contributed by atoms with Gasteiger partial charge in [0.15, 0.2) is 0 Å². The zero-order valence-corrected chi connectivity index (χ0v) is 17.5. The van der Waals surface area contributed by atoms with Crippen molar-refractivity contribution in [2.24, 2.45) is 0 Å². The fraction of sp³-hybridized carbons (Fsp3) is 0.409. The summed E-state index contributed by atoms with van der Waals surface area (Å²) >= 11 is 6.26. The van der Waals surface area contributed by atoms with Crippen LogP contribution in [0.2, 0.25) is 5.02 Å². The van der Waals surface area contributed by atoms with Gasteiger partial charge >= 0.3 is 0 Å². The molecule has 0 spiro atoms. The number of allylic oxidation sites excluding steroid dienone is 3. The summed E-state index contributed by atoms with van der Waals surface area (Å²) in [4.78, 5) is 17.1. The van der Waals surface area contributed by atoms with Crippen molar-refractivity contribution in [3.05, 3.63) is 70.7 Å². The number of piperidine rings is 1. The number of hydrogen-bond acceptors (Lipinski definition) is 4. The Kier molecular flexibility index (Phi) is 5.84. The van der Waals surface area contributed by atoms with Gasteiger partial charge in [-0.05, 0) is 30.7 Å². The number of amides is 1. The number of benzene rings is 1. The summed E-state index contributed by atoms with van der Waals surface area (Å²) in [6, 6.07) is 7.15. The summed E-state index contributed by atoms with van der Waals surface area (Å²) in [7, 11) is 0. The average Bonchev–Trinajstić information content (AvgIpc) is 3.08. The van der Waals surface area contributed by atoms with Gasteiger partial charge in [-0.2, -0.15) is 0 Å². The van der Waals surface area contributed by atoms with E-state index in [1.165, 1.54) is 0 Å². The first-order valence-corrected chi connectivity index (χ1v) is 10.5. The summed E-state index contributed by atoms with van der Waals surface area (Å²) < 4.78 is 26.9. The van der Waals surface area contributed by atoms with Crippen molar-refractivity contribution in [1.82, 2.24) is 20.4 Å². The topological polar surface area (TPSA) is 47.6 Å². The Morgan fingerprint density at radius 3 is 2.77 bits per heavy atom. The third-order valence-corrected chi connectivity index (χ3v) is 6.10. The smallest absolute Gasteiger partial charge is 0.270 e. The minimum absolute atomic E-state index is 0.127. The van der Waals surface area contributed by atoms with Crippen LogP contribution in [0.4, 0.5) is 8.78 Å². The molecule has 0 aliphatic carbocycles. The molecule has 0 bridgehead atoms. The SMILES string of the molecule is CC(NC(=O)C1=C2C=CC=CN2C(CN2CCC(F)(F)CC2)N1)c1ccccc1Cl. The first kappa shape index (κ1) is 20.9. The molecule has 8 heteroatoms. The summed E-state index contributed by atoms with van der Waals surface area (Å²) in [5.74, 6) is -2.80. The Hall–Kier alpha value is -2.38. The maximum absolute atomic E-state index is 13.5. The van der Waals surface area contributed by atoms with Crippen LogP contribution < -0.4 is 10.6 Å². The van der Waals surface area contributed by atoms with Crippen molar-refractivity contribution in [3.63, 3.8) is 0 Å². The van der Waals surface area contributed by atoms with E-state index >= 15 is 0 Å². The quantitative estimate of drug-likeness (QED) is 0.740. The number of carbonyl (C=O) groups is 1. The van der Waals surface area contributed by atoms with E-state index in [9.17, 15) is 13.6 Å². The highest BCUT2D eigenvalue weighted by Gasteiger charge is 2.38. The second kappa shape index (κ2) is 8.40. The minimum atomic E-state index is -2.57. The predicted molar refractivity (Wildman–Crippen MR) is 113 cm³/mol. The van der Waals surface area contributed by atoms with Gasteiger partial charge in [-0.3, -0.25) is 9.69 Å². The van der Waals surface area contributed by atoms with Crippen LogP contribution in [0.3, 0.4) is 0 Å². The molecule has 3 aliphatic heterocycles. The number of rotatable bonds is 5. The zero-order valence-electron chi connectivity index (χ0n) is 16.7. The lowest BCUT2D eigenvalue weighted by Crippen LogP contribution is -2.49. The third-order valence-electron chi connectivity index (χ3n) is 5.76. The Bertz CT molecular complexity index is 904. The Balaban J connectivity index is 1.45. The van der Waals surface area contributed by atoms with E-state index < -0.39 is 5.92 Å². The van der Waals surface area contributed by atoms with E-state index in [0.29, 0.717) is 30.4 Å². The molecule has 30 heavy (non-hydrogen) atoms. The van der Waals surface area contributed by atoms with Crippen molar-refractivity contribution in [2.45, 2.75) is 37.9 Å². The van der Waals surface area contributed by atoms with E-state index in [-0.39, 0.29) is 31.0 Å². The predicted octanol–water partition coefficient (Wildman–Crippen LogP) is 3.77. The lowest BCUT2D eigenvalue weighted by atomic mass is 10.1. The van der Waals surface area contributed by atoms with Crippen LogP contribution in [-0.2, 0) is 4.79 Å². The Morgan fingerprint density at radius 1 is 1.30 bits per heavy atom. The fourth-order valence-electron chi connectivity index (χ4n) is 4.05. The monoisotopic (exact) mass is 434 g/mol. The molecule has 1 fully saturated rings. The van der Waals surface area contributed by atoms with Gasteiger partial charge in [0.1, 0.15) is 11.9 Å². The second-order valence-electron chi connectivity index (χ2n) is 7.90. The van der Waals surface area contributed by atoms with Crippen molar-refractivity contribution in [1.29, 1.82) is 0 Å². The van der Waals surface area contributed by atoms with Crippen molar-refractivity contribution in [2.75, 3.05) is 19.6 Å². The van der Waals surface area contributed by atoms with Crippen LogP contribution in [-0.4, -0.2) is 47.4 Å². The molecule has 1 saturated heterocycles. The first-order chi connectivity index (χ1) is 14.3. The van der Waals surface area contributed by atoms with Crippen LogP contribution >= 0.6 is 11.6 Å². The number of nitrogens with zero attached hydrogens (tertiary/aromatic N) is 2. The number of hydrogen-bond donors (Lipinski definition) is 2. The van der Waals surface area contributed by atoms with Crippen LogP contribution in [0.5, 0.6) is 0 Å². The third kappa shape index (κ3) is 4.37. The summed E-state index contributed by atoms with van der Waals surface area (Å²) in [6.45, 7) is 3.13. The zero-order chi connectivity index (χ0) is 21.3. The molecule has 3 aliphatic rings. The van der Waals surface area contributed by atoms with E-state index in [1.54, 1.807) is 6.07 Å². The summed E-state index contributed by atoms with van der Waals surface area (Å²) in [5.41, 5.74) is 2.09. The number of carbonyl (C=O) groups excluding carboxylic acids is 1. The molecule has 2 atom stereocenters. The van der Waals surface area contributed by atoms with Gasteiger partial charge in [0.05, 0.1) is 11.7 Å². The highest BCUT2D eigenvalue weighted by atomic mass is 35.5. The van der Waals surface area contributed by atoms with Crippen LogP contribution in [0.1, 0.15) is 31.4 Å². The lowest BCUT2D eigenvalue weighted by molar-refractivity contribution is -0.118. The molecular weight excluding hydrogens is 410 g/mol. The van der Waals surface area contributed by atoms with Crippen molar-refractivity contribution >= 4 is 17.5 Å². The van der Waals surface area contributed by atoms with Gasteiger partial charge in [-0.25, -0.2) is 8.78 Å². The standard InChI is InChI=1S/C22H25ClF2N4O/c1-15(16-6-2-3-7-17(16)23)26-21(30)20-18-8-4-5-11-29(18)19(27-20)14-28-12-9-22(24,25)10-13-28/h2-8,11,15,19,27H,9-10,12-14H2,1H3,(H,26,30). The summed E-state index contributed by atoms with van der Waals surface area (Å²) in [6.07, 6.45) is 7.12. The summed E-state index contributed by atoms with van der Waals surface area (Å²) in [5, 5.41) is 6.91. The number of nitrogens with one attached hydrogen (secondary N) is 2. The van der Waals surface area contributed by atoms with E-state index in [1.807, 2.05) is 59.4 Å². The van der Waals surface area contributed by atoms with Crippen LogP contribution in [0.15, 0.2) is 60.1 Å². The molecule has 0 aromatic heterocycles. The maximum atomic E-state index is 13.5. The number of likely N-dealkylation sites (tertiary alicyclic amines) is 1. The van der Waals surface area contributed by atoms with Gasteiger partial charge in [0.2, 0.25) is 0 Å². The molecule has 1 aromatic rings. The molecule has 5 nitrogen and oxygen atoms in total. The van der Waals surface area contributed by atoms with Gasteiger partial charge in [0.25, 0.3) is 11.8 Å².